The van der Waals surface area contributed by atoms with Crippen LogP contribution in [0.5, 0.6) is 0 Å². The number of methoxy groups -OCH3 is 1. The Hall–Kier alpha value is -0.0800. The highest BCUT2D eigenvalue weighted by atomic mass is 127. The summed E-state index contributed by atoms with van der Waals surface area (Å²) < 4.78 is 5.35. The van der Waals surface area contributed by atoms with Gasteiger partial charge in [0.05, 0.1) is 0 Å². The van der Waals surface area contributed by atoms with Gasteiger partial charge < -0.3 is 20.3 Å². The lowest BCUT2D eigenvalue weighted by atomic mass is 9.83. The minimum absolute atomic E-state index is 0. The molecule has 2 fully saturated rings. The maximum absolute atomic E-state index is 5.35. The summed E-state index contributed by atoms with van der Waals surface area (Å²) in [6.45, 7) is 11.8. The van der Waals surface area contributed by atoms with Gasteiger partial charge in [0, 0.05) is 39.9 Å². The van der Waals surface area contributed by atoms with E-state index in [-0.39, 0.29) is 24.0 Å². The van der Waals surface area contributed by atoms with Crippen molar-refractivity contribution < 1.29 is 4.74 Å². The van der Waals surface area contributed by atoms with Crippen molar-refractivity contribution in [1.82, 2.24) is 15.5 Å². The Labute approximate surface area is 178 Å². The van der Waals surface area contributed by atoms with E-state index >= 15 is 0 Å². The fraction of sp³-hybridized carbons (Fsp3) is 0.950. The van der Waals surface area contributed by atoms with Crippen molar-refractivity contribution in [2.75, 3.05) is 53.0 Å². The van der Waals surface area contributed by atoms with E-state index in [1.807, 2.05) is 0 Å². The van der Waals surface area contributed by atoms with Gasteiger partial charge in [0.25, 0.3) is 0 Å². The number of nitrogens with zero attached hydrogens (tertiary/aromatic N) is 2. The summed E-state index contributed by atoms with van der Waals surface area (Å²) in [7, 11) is 1.81. The van der Waals surface area contributed by atoms with Gasteiger partial charge in [-0.05, 0) is 63.5 Å². The normalized spacial score (nSPS) is 23.5. The van der Waals surface area contributed by atoms with Crippen LogP contribution in [0.4, 0.5) is 0 Å². The summed E-state index contributed by atoms with van der Waals surface area (Å²) in [4.78, 5) is 7.54. The molecule has 0 aromatic carbocycles. The minimum Gasteiger partial charge on any atom is -0.385 e. The average molecular weight is 480 g/mol. The molecule has 1 saturated heterocycles. The lowest BCUT2D eigenvalue weighted by Gasteiger charge is -2.32. The van der Waals surface area contributed by atoms with E-state index in [9.17, 15) is 0 Å². The Kier molecular flexibility index (Phi) is 12.1. The first-order chi connectivity index (χ1) is 12.2. The van der Waals surface area contributed by atoms with E-state index in [2.05, 4.69) is 29.4 Å². The van der Waals surface area contributed by atoms with Crippen molar-refractivity contribution in [2.24, 2.45) is 16.3 Å². The number of ether oxygens (including phenoxy) is 1. The fourth-order valence-corrected chi connectivity index (χ4v) is 4.37. The molecular formula is C20H41IN4O. The number of guanidine groups is 1. The molecule has 154 valence electrons. The van der Waals surface area contributed by atoms with Crippen LogP contribution in [0.3, 0.4) is 0 Å². The molecule has 1 saturated carbocycles. The number of piperidine rings is 1. The summed E-state index contributed by atoms with van der Waals surface area (Å²) in [6.07, 6.45) is 9.09. The van der Waals surface area contributed by atoms with Crippen molar-refractivity contribution >= 4 is 29.9 Å². The van der Waals surface area contributed by atoms with Crippen LogP contribution < -0.4 is 10.6 Å². The van der Waals surface area contributed by atoms with Crippen molar-refractivity contribution in [3.8, 4) is 0 Å². The second kappa shape index (κ2) is 13.2. The lowest BCUT2D eigenvalue weighted by Crippen LogP contribution is -2.44. The van der Waals surface area contributed by atoms with Crippen LogP contribution in [0.15, 0.2) is 4.99 Å². The van der Waals surface area contributed by atoms with E-state index < -0.39 is 0 Å². The lowest BCUT2D eigenvalue weighted by molar-refractivity contribution is 0.141. The molecule has 2 N–H and O–H groups in total. The van der Waals surface area contributed by atoms with Gasteiger partial charge in [-0.2, -0.15) is 0 Å². The highest BCUT2D eigenvalue weighted by molar-refractivity contribution is 14.0. The first-order valence-corrected chi connectivity index (χ1v) is 10.4. The molecule has 0 bridgehead atoms. The van der Waals surface area contributed by atoms with Gasteiger partial charge >= 0.3 is 0 Å². The van der Waals surface area contributed by atoms with Crippen LogP contribution in [0.1, 0.15) is 58.8 Å². The summed E-state index contributed by atoms with van der Waals surface area (Å²) in [6, 6.07) is 0. The van der Waals surface area contributed by atoms with Crippen LogP contribution in [0.2, 0.25) is 0 Å². The van der Waals surface area contributed by atoms with Crippen molar-refractivity contribution in [2.45, 2.75) is 58.8 Å². The SMILES string of the molecule is CCNC(=NCC1(CCOC)CCCC1)NCC1CCCN(CC)C1.I. The number of aliphatic imine (C=N–C) groups is 1. The predicted octanol–water partition coefficient (Wildman–Crippen LogP) is 3.49. The topological polar surface area (TPSA) is 48.9 Å². The van der Waals surface area contributed by atoms with Gasteiger partial charge in [0.2, 0.25) is 0 Å². The van der Waals surface area contributed by atoms with Crippen LogP contribution >= 0.6 is 24.0 Å². The molecule has 0 radical (unpaired) electrons. The van der Waals surface area contributed by atoms with Gasteiger partial charge in [-0.1, -0.05) is 19.8 Å². The molecule has 2 rings (SSSR count). The van der Waals surface area contributed by atoms with Gasteiger partial charge in [0.15, 0.2) is 5.96 Å². The second-order valence-corrected chi connectivity index (χ2v) is 7.93. The molecule has 0 aromatic rings. The third-order valence-corrected chi connectivity index (χ3v) is 6.03. The summed E-state index contributed by atoms with van der Waals surface area (Å²) in [5.74, 6) is 1.74. The Morgan fingerprint density at radius 3 is 2.62 bits per heavy atom. The molecule has 0 aromatic heterocycles. The van der Waals surface area contributed by atoms with Gasteiger partial charge in [-0.25, -0.2) is 0 Å². The molecule has 0 amide bonds. The van der Waals surface area contributed by atoms with Crippen LogP contribution in [0.25, 0.3) is 0 Å². The van der Waals surface area contributed by atoms with E-state index in [0.717, 1.165) is 44.5 Å². The molecule has 1 aliphatic heterocycles. The first kappa shape index (κ1) is 24.0. The van der Waals surface area contributed by atoms with Crippen molar-refractivity contribution in [3.63, 3.8) is 0 Å². The third-order valence-electron chi connectivity index (χ3n) is 6.03. The smallest absolute Gasteiger partial charge is 0.191 e. The highest BCUT2D eigenvalue weighted by Crippen LogP contribution is 2.41. The van der Waals surface area contributed by atoms with E-state index in [1.54, 1.807) is 7.11 Å². The Bertz CT molecular complexity index is 399. The average Bonchev–Trinajstić information content (AvgIpc) is 3.11. The van der Waals surface area contributed by atoms with Crippen LogP contribution in [-0.4, -0.2) is 63.8 Å². The molecule has 1 atom stereocenters. The zero-order valence-corrected chi connectivity index (χ0v) is 19.5. The molecule has 1 unspecified atom stereocenters. The Morgan fingerprint density at radius 2 is 1.96 bits per heavy atom. The van der Waals surface area contributed by atoms with E-state index in [4.69, 9.17) is 9.73 Å². The van der Waals surface area contributed by atoms with Gasteiger partial charge in [-0.15, -0.1) is 24.0 Å². The quantitative estimate of drug-likeness (QED) is 0.302. The molecule has 1 heterocycles. The zero-order valence-electron chi connectivity index (χ0n) is 17.2. The largest absolute Gasteiger partial charge is 0.385 e. The van der Waals surface area contributed by atoms with Crippen LogP contribution in [-0.2, 0) is 4.74 Å². The standard InChI is InChI=1S/C20H40N4O.HI/c1-4-21-19(22-15-18-9-8-13-24(5-2)16-18)23-17-20(12-14-25-3)10-6-7-11-20;/h18H,4-17H2,1-3H3,(H2,21,22,23);1H. The van der Waals surface area contributed by atoms with E-state index in [0.29, 0.717) is 5.41 Å². The van der Waals surface area contributed by atoms with Gasteiger partial charge in [-0.3, -0.25) is 4.99 Å². The number of hydrogen-bond acceptors (Lipinski definition) is 3. The summed E-state index contributed by atoms with van der Waals surface area (Å²) >= 11 is 0. The number of nitrogens with one attached hydrogen (secondary N) is 2. The summed E-state index contributed by atoms with van der Waals surface area (Å²) in [5, 5.41) is 7.05. The number of halogens is 1. The number of hydrogen-bond donors (Lipinski definition) is 2. The van der Waals surface area contributed by atoms with Crippen LogP contribution in [0, 0.1) is 11.3 Å². The molecule has 1 aliphatic carbocycles. The Balaban J connectivity index is 0.00000338. The van der Waals surface area contributed by atoms with Gasteiger partial charge in [0.1, 0.15) is 0 Å². The molecular weight excluding hydrogens is 439 g/mol. The monoisotopic (exact) mass is 480 g/mol. The molecule has 26 heavy (non-hydrogen) atoms. The maximum Gasteiger partial charge on any atom is 0.191 e. The number of likely N-dealkylation sites (tertiary alicyclic amines) is 1. The molecule has 0 spiro atoms. The first-order valence-electron chi connectivity index (χ1n) is 10.4. The molecule has 5 nitrogen and oxygen atoms in total. The molecule has 6 heteroatoms. The van der Waals surface area contributed by atoms with Crippen molar-refractivity contribution in [1.29, 1.82) is 0 Å². The minimum atomic E-state index is 0. The Morgan fingerprint density at radius 1 is 1.19 bits per heavy atom. The summed E-state index contributed by atoms with van der Waals surface area (Å²) in [5.41, 5.74) is 0.363. The predicted molar refractivity (Wildman–Crippen MR) is 122 cm³/mol. The number of rotatable bonds is 9. The fourth-order valence-electron chi connectivity index (χ4n) is 4.37. The zero-order chi connectivity index (χ0) is 18.0. The second-order valence-electron chi connectivity index (χ2n) is 7.93. The van der Waals surface area contributed by atoms with E-state index in [1.165, 1.54) is 58.2 Å². The van der Waals surface area contributed by atoms with Crippen molar-refractivity contribution in [3.05, 3.63) is 0 Å². The third kappa shape index (κ3) is 7.89. The molecule has 2 aliphatic rings. The maximum atomic E-state index is 5.35. The highest BCUT2D eigenvalue weighted by Gasteiger charge is 2.33.